The number of ketones is 1. The smallest absolute Gasteiger partial charge is 0.221 e. The molecular weight excluding hydrogens is 312 g/mol. The van der Waals surface area contributed by atoms with Gasteiger partial charge in [0.2, 0.25) is 5.91 Å². The first-order chi connectivity index (χ1) is 12.1. The normalized spacial score (nSPS) is 10.1. The third kappa shape index (κ3) is 4.12. The van der Waals surface area contributed by atoms with E-state index in [9.17, 15) is 9.59 Å². The number of amides is 1. The fourth-order valence-corrected chi connectivity index (χ4v) is 2.51. The number of hydrogen-bond acceptors (Lipinski definition) is 3. The van der Waals surface area contributed by atoms with Crippen molar-refractivity contribution in [3.8, 4) is 0 Å². The lowest BCUT2D eigenvalue weighted by Crippen LogP contribution is -2.07. The van der Waals surface area contributed by atoms with Crippen LogP contribution >= 0.6 is 0 Å². The van der Waals surface area contributed by atoms with Crippen molar-refractivity contribution in [1.29, 1.82) is 0 Å². The summed E-state index contributed by atoms with van der Waals surface area (Å²) >= 11 is 0. The molecule has 25 heavy (non-hydrogen) atoms. The number of carbonyl (C=O) groups excluding carboxylic acids is 2. The molecule has 0 spiro atoms. The first kappa shape index (κ1) is 16.5. The lowest BCUT2D eigenvalue weighted by molar-refractivity contribution is -0.114. The average Bonchev–Trinajstić information content (AvgIpc) is 2.64. The van der Waals surface area contributed by atoms with Crippen molar-refractivity contribution in [2.75, 3.05) is 10.6 Å². The van der Waals surface area contributed by atoms with Crippen molar-refractivity contribution in [1.82, 2.24) is 0 Å². The summed E-state index contributed by atoms with van der Waals surface area (Å²) in [5.41, 5.74) is 3.63. The van der Waals surface area contributed by atoms with Crippen molar-refractivity contribution in [3.05, 3.63) is 90.0 Å². The fraction of sp³-hybridized carbons (Fsp3) is 0.0476. The zero-order valence-corrected chi connectivity index (χ0v) is 13.8. The molecule has 3 aromatic rings. The van der Waals surface area contributed by atoms with Gasteiger partial charge in [-0.15, -0.1) is 0 Å². The van der Waals surface area contributed by atoms with Gasteiger partial charge in [0, 0.05) is 23.7 Å². The van der Waals surface area contributed by atoms with E-state index in [4.69, 9.17) is 0 Å². The van der Waals surface area contributed by atoms with E-state index in [1.165, 1.54) is 6.92 Å². The zero-order valence-electron chi connectivity index (χ0n) is 13.8. The van der Waals surface area contributed by atoms with Gasteiger partial charge < -0.3 is 10.6 Å². The first-order valence-corrected chi connectivity index (χ1v) is 7.97. The molecule has 1 amide bonds. The minimum atomic E-state index is -0.127. The highest BCUT2D eigenvalue weighted by Gasteiger charge is 2.09. The van der Waals surface area contributed by atoms with E-state index in [1.54, 1.807) is 24.3 Å². The Bertz CT molecular complexity index is 887. The van der Waals surface area contributed by atoms with E-state index in [-0.39, 0.29) is 11.7 Å². The van der Waals surface area contributed by atoms with Crippen LogP contribution in [0.15, 0.2) is 78.9 Å². The monoisotopic (exact) mass is 330 g/mol. The maximum atomic E-state index is 12.4. The zero-order chi connectivity index (χ0) is 17.6. The third-order valence-corrected chi connectivity index (χ3v) is 3.70. The molecule has 0 atom stereocenters. The van der Waals surface area contributed by atoms with E-state index >= 15 is 0 Å². The van der Waals surface area contributed by atoms with Gasteiger partial charge in [-0.3, -0.25) is 9.59 Å². The number of rotatable bonds is 5. The van der Waals surface area contributed by atoms with Crippen LogP contribution in [0, 0.1) is 0 Å². The highest BCUT2D eigenvalue weighted by molar-refractivity contribution is 6.09. The summed E-state index contributed by atoms with van der Waals surface area (Å²) in [5.74, 6) is -0.135. The summed E-state index contributed by atoms with van der Waals surface area (Å²) in [6.45, 7) is 1.47. The Morgan fingerprint density at radius 1 is 0.680 bits per heavy atom. The molecule has 0 unspecified atom stereocenters. The van der Waals surface area contributed by atoms with Crippen LogP contribution in [0.5, 0.6) is 0 Å². The van der Waals surface area contributed by atoms with Crippen LogP contribution in [-0.2, 0) is 4.79 Å². The molecule has 0 aromatic heterocycles. The molecular formula is C21H18N2O2. The van der Waals surface area contributed by atoms with Crippen molar-refractivity contribution in [3.63, 3.8) is 0 Å². The number of para-hydroxylation sites is 2. The maximum absolute atomic E-state index is 12.4. The van der Waals surface area contributed by atoms with Crippen LogP contribution in [0.2, 0.25) is 0 Å². The maximum Gasteiger partial charge on any atom is 0.221 e. The van der Waals surface area contributed by atoms with Crippen LogP contribution < -0.4 is 10.6 Å². The Balaban J connectivity index is 1.78. The predicted octanol–water partition coefficient (Wildman–Crippen LogP) is 4.62. The van der Waals surface area contributed by atoms with Crippen LogP contribution in [0.3, 0.4) is 0 Å². The summed E-state index contributed by atoms with van der Waals surface area (Å²) < 4.78 is 0. The van der Waals surface area contributed by atoms with Gasteiger partial charge in [-0.2, -0.15) is 0 Å². The summed E-state index contributed by atoms with van der Waals surface area (Å²) in [6, 6.07) is 23.9. The highest BCUT2D eigenvalue weighted by atomic mass is 16.1. The molecule has 0 fully saturated rings. The molecule has 2 N–H and O–H groups in total. The molecule has 0 heterocycles. The molecule has 0 saturated carbocycles. The minimum absolute atomic E-state index is 0.00852. The first-order valence-electron chi connectivity index (χ1n) is 7.97. The lowest BCUT2D eigenvalue weighted by atomic mass is 10.0. The van der Waals surface area contributed by atoms with Gasteiger partial charge in [0.15, 0.2) is 5.78 Å². The number of carbonyl (C=O) groups is 2. The van der Waals surface area contributed by atoms with Crippen LogP contribution in [0.4, 0.5) is 17.1 Å². The summed E-state index contributed by atoms with van der Waals surface area (Å²) in [4.78, 5) is 23.7. The Hall–Kier alpha value is -3.40. The lowest BCUT2D eigenvalue weighted by Gasteiger charge is -2.12. The molecule has 4 nitrogen and oxygen atoms in total. The number of hydrogen-bond donors (Lipinski definition) is 2. The van der Waals surface area contributed by atoms with E-state index < -0.39 is 0 Å². The standard InChI is InChI=1S/C21H18N2O2/c1-15(24)22-19-9-5-6-10-20(19)23-18-13-11-17(12-14-18)21(25)16-7-3-2-4-8-16/h2-14,23H,1H3,(H,22,24). The van der Waals surface area contributed by atoms with Gasteiger partial charge in [0.25, 0.3) is 0 Å². The van der Waals surface area contributed by atoms with Gasteiger partial charge in [-0.25, -0.2) is 0 Å². The molecule has 0 aliphatic heterocycles. The Morgan fingerprint density at radius 2 is 1.24 bits per heavy atom. The van der Waals surface area contributed by atoms with Crippen LogP contribution in [0.25, 0.3) is 0 Å². The molecule has 0 saturated heterocycles. The van der Waals surface area contributed by atoms with Gasteiger partial charge in [-0.1, -0.05) is 42.5 Å². The van der Waals surface area contributed by atoms with Crippen LogP contribution in [0.1, 0.15) is 22.8 Å². The molecule has 0 bridgehead atoms. The Labute approximate surface area is 146 Å². The fourth-order valence-electron chi connectivity index (χ4n) is 2.51. The van der Waals surface area contributed by atoms with E-state index in [0.717, 1.165) is 11.4 Å². The second-order valence-corrected chi connectivity index (χ2v) is 5.62. The summed E-state index contributed by atoms with van der Waals surface area (Å²) in [5, 5.41) is 6.05. The average molecular weight is 330 g/mol. The third-order valence-electron chi connectivity index (χ3n) is 3.70. The van der Waals surface area contributed by atoms with Crippen molar-refractivity contribution >= 4 is 28.8 Å². The van der Waals surface area contributed by atoms with Gasteiger partial charge in [0.1, 0.15) is 0 Å². The topological polar surface area (TPSA) is 58.2 Å². The summed E-state index contributed by atoms with van der Waals surface area (Å²) in [6.07, 6.45) is 0. The molecule has 124 valence electrons. The van der Waals surface area contributed by atoms with Crippen molar-refractivity contribution < 1.29 is 9.59 Å². The number of nitrogens with one attached hydrogen (secondary N) is 2. The van der Waals surface area contributed by atoms with Crippen molar-refractivity contribution in [2.24, 2.45) is 0 Å². The SMILES string of the molecule is CC(=O)Nc1ccccc1Nc1ccc(C(=O)c2ccccc2)cc1. The molecule has 4 heteroatoms. The quantitative estimate of drug-likeness (QED) is 0.671. The van der Waals surface area contributed by atoms with E-state index in [1.807, 2.05) is 54.6 Å². The predicted molar refractivity (Wildman–Crippen MR) is 100 cm³/mol. The molecule has 3 rings (SSSR count). The Morgan fingerprint density at radius 3 is 1.88 bits per heavy atom. The minimum Gasteiger partial charge on any atom is -0.354 e. The second kappa shape index (κ2) is 7.45. The highest BCUT2D eigenvalue weighted by Crippen LogP contribution is 2.25. The van der Waals surface area contributed by atoms with Crippen LogP contribution in [-0.4, -0.2) is 11.7 Å². The van der Waals surface area contributed by atoms with E-state index in [0.29, 0.717) is 16.8 Å². The van der Waals surface area contributed by atoms with Crippen molar-refractivity contribution in [2.45, 2.75) is 6.92 Å². The number of benzene rings is 3. The molecule has 3 aromatic carbocycles. The Kier molecular flexibility index (Phi) is 4.90. The molecule has 0 aliphatic rings. The largest absolute Gasteiger partial charge is 0.354 e. The summed E-state index contributed by atoms with van der Waals surface area (Å²) in [7, 11) is 0. The van der Waals surface area contributed by atoms with E-state index in [2.05, 4.69) is 10.6 Å². The van der Waals surface area contributed by atoms with Gasteiger partial charge >= 0.3 is 0 Å². The molecule has 0 radical (unpaired) electrons. The molecule has 0 aliphatic carbocycles. The second-order valence-electron chi connectivity index (χ2n) is 5.62. The van der Waals surface area contributed by atoms with Gasteiger partial charge in [-0.05, 0) is 36.4 Å². The van der Waals surface area contributed by atoms with Gasteiger partial charge in [0.05, 0.1) is 11.4 Å². The number of anilines is 3.